The molecule has 2 aliphatic rings. The summed E-state index contributed by atoms with van der Waals surface area (Å²) in [5, 5.41) is 21.0. The van der Waals surface area contributed by atoms with E-state index in [0.29, 0.717) is 5.57 Å². The van der Waals surface area contributed by atoms with Gasteiger partial charge in [-0.1, -0.05) is 6.08 Å². The van der Waals surface area contributed by atoms with Crippen molar-refractivity contribution in [3.8, 4) is 0 Å². The molecule has 0 aliphatic carbocycles. The van der Waals surface area contributed by atoms with Crippen LogP contribution in [0.4, 0.5) is 4.79 Å². The maximum Gasteiger partial charge on any atom is 0.326 e. The van der Waals surface area contributed by atoms with Crippen LogP contribution in [-0.4, -0.2) is 45.8 Å². The summed E-state index contributed by atoms with van der Waals surface area (Å²) in [6.07, 6.45) is 3.46. The summed E-state index contributed by atoms with van der Waals surface area (Å²) in [5.74, 6) is 0. The Bertz CT molecular complexity index is 393. The summed E-state index contributed by atoms with van der Waals surface area (Å²) in [4.78, 5) is 13.0. The molecule has 2 rings (SSSR count). The number of nitrogens with zero attached hydrogens (tertiary/aromatic N) is 1. The van der Waals surface area contributed by atoms with Crippen LogP contribution in [0.15, 0.2) is 23.9 Å². The van der Waals surface area contributed by atoms with Gasteiger partial charge in [0.1, 0.15) is 5.60 Å². The number of hydrogen-bond donors (Lipinski definition) is 3. The van der Waals surface area contributed by atoms with Crippen LogP contribution in [0.1, 0.15) is 13.8 Å². The third-order valence-corrected chi connectivity index (χ3v) is 2.86. The van der Waals surface area contributed by atoms with Crippen molar-refractivity contribution in [2.45, 2.75) is 31.9 Å². The van der Waals surface area contributed by atoms with Gasteiger partial charge < -0.3 is 20.3 Å². The van der Waals surface area contributed by atoms with Crippen molar-refractivity contribution in [1.82, 2.24) is 10.2 Å². The van der Waals surface area contributed by atoms with E-state index in [9.17, 15) is 9.90 Å². The molecule has 17 heavy (non-hydrogen) atoms. The third kappa shape index (κ3) is 2.19. The van der Waals surface area contributed by atoms with Crippen LogP contribution in [-0.2, 0) is 4.74 Å². The minimum Gasteiger partial charge on any atom is -0.393 e. The smallest absolute Gasteiger partial charge is 0.326 e. The first kappa shape index (κ1) is 12.1. The van der Waals surface area contributed by atoms with Crippen LogP contribution in [0, 0.1) is 0 Å². The lowest BCUT2D eigenvalue weighted by Gasteiger charge is -2.33. The number of aliphatic hydroxyl groups excluding tert-OH is 2. The average Bonchev–Trinajstić information content (AvgIpc) is 2.67. The summed E-state index contributed by atoms with van der Waals surface area (Å²) >= 11 is 0. The Labute approximate surface area is 99.2 Å². The lowest BCUT2D eigenvalue weighted by Crippen LogP contribution is -2.51. The van der Waals surface area contributed by atoms with E-state index in [2.05, 4.69) is 5.32 Å². The van der Waals surface area contributed by atoms with Gasteiger partial charge in [-0.25, -0.2) is 4.79 Å². The zero-order valence-electron chi connectivity index (χ0n) is 9.75. The molecule has 0 saturated carbocycles. The van der Waals surface area contributed by atoms with Crippen molar-refractivity contribution in [2.75, 3.05) is 6.61 Å². The zero-order valence-corrected chi connectivity index (χ0v) is 9.75. The van der Waals surface area contributed by atoms with Crippen LogP contribution >= 0.6 is 0 Å². The largest absolute Gasteiger partial charge is 0.393 e. The second-order valence-corrected chi connectivity index (χ2v) is 4.47. The average molecular weight is 240 g/mol. The molecule has 6 heteroatoms. The first-order valence-corrected chi connectivity index (χ1v) is 5.38. The first-order valence-electron chi connectivity index (χ1n) is 5.38. The van der Waals surface area contributed by atoms with E-state index in [-0.39, 0.29) is 6.61 Å². The highest BCUT2D eigenvalue weighted by Gasteiger charge is 2.36. The van der Waals surface area contributed by atoms with Gasteiger partial charge in [0.05, 0.1) is 6.61 Å². The summed E-state index contributed by atoms with van der Waals surface area (Å²) < 4.78 is 5.57. The third-order valence-electron chi connectivity index (χ3n) is 2.86. The lowest BCUT2D eigenvalue weighted by atomic mass is 10.1. The zero-order chi connectivity index (χ0) is 12.6. The molecule has 0 spiro atoms. The van der Waals surface area contributed by atoms with Crippen molar-refractivity contribution in [3.05, 3.63) is 23.9 Å². The Morgan fingerprint density at radius 1 is 1.65 bits per heavy atom. The van der Waals surface area contributed by atoms with Gasteiger partial charge in [0.2, 0.25) is 0 Å². The number of urea groups is 1. The fraction of sp³-hybridized carbons (Fsp3) is 0.545. The quantitative estimate of drug-likeness (QED) is 0.588. The van der Waals surface area contributed by atoms with Gasteiger partial charge in [-0.2, -0.15) is 0 Å². The number of carbonyl (C=O) groups excluding carboxylic acids is 1. The van der Waals surface area contributed by atoms with Crippen molar-refractivity contribution >= 4 is 6.03 Å². The van der Waals surface area contributed by atoms with E-state index >= 15 is 0 Å². The fourth-order valence-electron chi connectivity index (χ4n) is 1.72. The molecule has 2 heterocycles. The van der Waals surface area contributed by atoms with Gasteiger partial charge in [-0.05, 0) is 25.5 Å². The van der Waals surface area contributed by atoms with Gasteiger partial charge in [-0.15, -0.1) is 0 Å². The molecule has 1 unspecified atom stereocenters. The number of hydrogen-bond acceptors (Lipinski definition) is 4. The van der Waals surface area contributed by atoms with Gasteiger partial charge in [0.25, 0.3) is 0 Å². The van der Waals surface area contributed by atoms with Gasteiger partial charge in [0, 0.05) is 6.20 Å². The monoisotopic (exact) mass is 240 g/mol. The predicted molar refractivity (Wildman–Crippen MR) is 59.6 cm³/mol. The molecule has 2 amide bonds. The molecule has 6 nitrogen and oxygen atoms in total. The topological polar surface area (TPSA) is 82.0 Å². The second-order valence-electron chi connectivity index (χ2n) is 4.47. The number of ether oxygens (including phenoxy) is 1. The molecule has 2 aliphatic heterocycles. The van der Waals surface area contributed by atoms with E-state index in [0.717, 1.165) is 0 Å². The maximum absolute atomic E-state index is 11.7. The van der Waals surface area contributed by atoms with Crippen molar-refractivity contribution < 1.29 is 19.7 Å². The Balaban J connectivity index is 2.15. The van der Waals surface area contributed by atoms with Gasteiger partial charge in [0.15, 0.2) is 12.5 Å². The summed E-state index contributed by atoms with van der Waals surface area (Å²) in [5.41, 5.74) is -0.137. The van der Waals surface area contributed by atoms with Gasteiger partial charge >= 0.3 is 6.03 Å². The molecule has 0 radical (unpaired) electrons. The predicted octanol–water partition coefficient (Wildman–Crippen LogP) is -0.103. The van der Waals surface area contributed by atoms with Gasteiger partial charge in [-0.3, -0.25) is 4.90 Å². The lowest BCUT2D eigenvalue weighted by molar-refractivity contribution is -0.0817. The van der Waals surface area contributed by atoms with Crippen LogP contribution in [0.25, 0.3) is 0 Å². The summed E-state index contributed by atoms with van der Waals surface area (Å²) in [6, 6.07) is -0.431. The molecule has 0 fully saturated rings. The summed E-state index contributed by atoms with van der Waals surface area (Å²) in [7, 11) is 0. The standard InChI is InChI=1S/C11H16N2O4/c1-7-5-13(10(16)12-9(7)15)8-3-4-11(2,6-14)17-8/h3-5,8-9,14-15H,6H2,1-2H3,(H,12,16)/t8-,9?,11+/m1/s1. The van der Waals surface area contributed by atoms with Crippen molar-refractivity contribution in [2.24, 2.45) is 0 Å². The number of rotatable bonds is 2. The maximum atomic E-state index is 11.7. The van der Waals surface area contributed by atoms with Crippen LogP contribution in [0.5, 0.6) is 0 Å². The highest BCUT2D eigenvalue weighted by Crippen LogP contribution is 2.26. The van der Waals surface area contributed by atoms with E-state index < -0.39 is 24.1 Å². The number of amides is 2. The normalized spacial score (nSPS) is 37.1. The molecule has 3 atom stereocenters. The summed E-state index contributed by atoms with van der Waals surface area (Å²) in [6.45, 7) is 3.29. The van der Waals surface area contributed by atoms with Crippen LogP contribution in [0.2, 0.25) is 0 Å². The highest BCUT2D eigenvalue weighted by atomic mass is 16.5. The Hall–Kier alpha value is -1.37. The Morgan fingerprint density at radius 2 is 2.35 bits per heavy atom. The minimum atomic E-state index is -0.951. The molecular weight excluding hydrogens is 224 g/mol. The number of nitrogens with one attached hydrogen (secondary N) is 1. The highest BCUT2D eigenvalue weighted by molar-refractivity contribution is 5.77. The minimum absolute atomic E-state index is 0.152. The molecule has 0 saturated heterocycles. The fourth-order valence-corrected chi connectivity index (χ4v) is 1.72. The Morgan fingerprint density at radius 3 is 2.94 bits per heavy atom. The molecule has 0 aromatic rings. The SMILES string of the molecule is CC1=CN([C@H]2C=C[C@@](C)(CO)O2)C(=O)NC1O. The van der Waals surface area contributed by atoms with E-state index in [1.807, 2.05) is 0 Å². The van der Waals surface area contributed by atoms with Crippen LogP contribution < -0.4 is 5.32 Å². The Kier molecular flexibility index (Phi) is 2.94. The molecule has 0 aromatic carbocycles. The molecule has 94 valence electrons. The van der Waals surface area contributed by atoms with Crippen LogP contribution in [0.3, 0.4) is 0 Å². The van der Waals surface area contributed by atoms with E-state index in [1.165, 1.54) is 4.90 Å². The molecule has 3 N–H and O–H groups in total. The van der Waals surface area contributed by atoms with Crippen molar-refractivity contribution in [3.63, 3.8) is 0 Å². The number of aliphatic hydroxyl groups is 2. The number of carbonyl (C=O) groups is 1. The molecule has 0 bridgehead atoms. The van der Waals surface area contributed by atoms with Crippen molar-refractivity contribution in [1.29, 1.82) is 0 Å². The van der Waals surface area contributed by atoms with E-state index in [1.54, 1.807) is 32.2 Å². The first-order chi connectivity index (χ1) is 7.95. The molecule has 0 aromatic heterocycles. The van der Waals surface area contributed by atoms with E-state index in [4.69, 9.17) is 9.84 Å². The molecular formula is C11H16N2O4. The second kappa shape index (κ2) is 4.14.